The standard InChI is InChI=1S/C17H12N2O4S/c20-13-7-5-12(6-8-13)18-17-19-15(21)14(24-17)9-10-1-3-11(4-2-10)16(22)23/h1-9,20H,(H,22,23)(H,18,19,21)/p-1/b14-9+. The van der Waals surface area contributed by atoms with Gasteiger partial charge < -0.3 is 15.5 Å². The minimum absolute atomic E-state index is 0.104. The van der Waals surface area contributed by atoms with Crippen molar-refractivity contribution >= 4 is 40.6 Å². The van der Waals surface area contributed by atoms with Gasteiger partial charge in [0.25, 0.3) is 5.91 Å². The molecule has 24 heavy (non-hydrogen) atoms. The van der Waals surface area contributed by atoms with Crippen LogP contribution in [0.15, 0.2) is 58.4 Å². The van der Waals surface area contributed by atoms with Gasteiger partial charge in [-0.15, -0.1) is 5.75 Å². The summed E-state index contributed by atoms with van der Waals surface area (Å²) in [7, 11) is 0. The van der Waals surface area contributed by atoms with E-state index in [1.807, 2.05) is 0 Å². The minimum atomic E-state index is -0.999. The predicted molar refractivity (Wildman–Crippen MR) is 90.1 cm³/mol. The van der Waals surface area contributed by atoms with Crippen LogP contribution in [0.5, 0.6) is 5.75 Å². The zero-order valence-electron chi connectivity index (χ0n) is 12.2. The molecular weight excluding hydrogens is 328 g/mol. The van der Waals surface area contributed by atoms with Gasteiger partial charge in [-0.25, -0.2) is 9.79 Å². The molecule has 7 heteroatoms. The molecule has 0 aliphatic carbocycles. The third-order valence-corrected chi connectivity index (χ3v) is 4.08. The molecule has 2 aromatic carbocycles. The van der Waals surface area contributed by atoms with E-state index >= 15 is 0 Å². The number of amides is 1. The van der Waals surface area contributed by atoms with E-state index in [0.717, 1.165) is 5.56 Å². The quantitative estimate of drug-likeness (QED) is 0.836. The number of benzene rings is 2. The number of carboxylic acid groups (broad SMARTS) is 1. The van der Waals surface area contributed by atoms with E-state index < -0.39 is 5.97 Å². The van der Waals surface area contributed by atoms with Crippen LogP contribution in [0.2, 0.25) is 0 Å². The number of carbonyl (C=O) groups is 2. The Morgan fingerprint density at radius 1 is 1.12 bits per heavy atom. The lowest BCUT2D eigenvalue weighted by Crippen LogP contribution is -2.19. The van der Waals surface area contributed by atoms with Crippen LogP contribution in [0.25, 0.3) is 6.08 Å². The summed E-state index contributed by atoms with van der Waals surface area (Å²) in [4.78, 5) is 27.5. The van der Waals surface area contributed by atoms with Gasteiger partial charge in [0.15, 0.2) is 5.17 Å². The van der Waals surface area contributed by atoms with Crippen LogP contribution < -0.4 is 10.4 Å². The Hall–Kier alpha value is -3.06. The number of aromatic carboxylic acids is 1. The number of carbonyl (C=O) groups excluding carboxylic acids is 1. The van der Waals surface area contributed by atoms with Crippen molar-refractivity contribution in [3.8, 4) is 5.75 Å². The molecule has 0 unspecified atom stereocenters. The highest BCUT2D eigenvalue weighted by Gasteiger charge is 2.23. The molecule has 2 N–H and O–H groups in total. The van der Waals surface area contributed by atoms with Gasteiger partial charge in [-0.05, 0) is 47.7 Å². The van der Waals surface area contributed by atoms with Gasteiger partial charge in [0, 0.05) is 0 Å². The van der Waals surface area contributed by atoms with E-state index in [4.69, 9.17) is 5.11 Å². The number of rotatable bonds is 3. The molecule has 1 amide bonds. The molecule has 0 radical (unpaired) electrons. The average Bonchev–Trinajstić information content (AvgIpc) is 2.89. The van der Waals surface area contributed by atoms with E-state index in [2.05, 4.69) is 10.3 Å². The van der Waals surface area contributed by atoms with E-state index in [9.17, 15) is 14.7 Å². The Balaban J connectivity index is 1.79. The van der Waals surface area contributed by atoms with Gasteiger partial charge in [-0.3, -0.25) is 4.79 Å². The van der Waals surface area contributed by atoms with Crippen molar-refractivity contribution in [3.05, 3.63) is 64.6 Å². The van der Waals surface area contributed by atoms with Crippen LogP contribution in [0, 0.1) is 0 Å². The summed E-state index contributed by atoms with van der Waals surface area (Å²) in [5, 5.41) is 23.0. The molecule has 0 aromatic heterocycles. The zero-order chi connectivity index (χ0) is 17.1. The van der Waals surface area contributed by atoms with Crippen LogP contribution in [-0.4, -0.2) is 22.2 Å². The third kappa shape index (κ3) is 3.64. The van der Waals surface area contributed by atoms with Crippen molar-refractivity contribution in [3.63, 3.8) is 0 Å². The van der Waals surface area contributed by atoms with Crippen LogP contribution >= 0.6 is 11.8 Å². The van der Waals surface area contributed by atoms with Crippen LogP contribution in [0.3, 0.4) is 0 Å². The molecule has 2 aromatic rings. The Labute approximate surface area is 141 Å². The summed E-state index contributed by atoms with van der Waals surface area (Å²) in [6, 6.07) is 12.2. The van der Waals surface area contributed by atoms with Gasteiger partial charge >= 0.3 is 5.97 Å². The fourth-order valence-corrected chi connectivity index (χ4v) is 2.83. The number of nitrogens with zero attached hydrogens (tertiary/aromatic N) is 1. The van der Waals surface area contributed by atoms with Crippen molar-refractivity contribution in [1.82, 2.24) is 5.32 Å². The molecule has 1 aliphatic heterocycles. The highest BCUT2D eigenvalue weighted by atomic mass is 32.2. The van der Waals surface area contributed by atoms with Crippen molar-refractivity contribution < 1.29 is 19.8 Å². The molecule has 6 nitrogen and oxygen atoms in total. The lowest BCUT2D eigenvalue weighted by Gasteiger charge is -2.03. The molecule has 1 heterocycles. The Morgan fingerprint density at radius 2 is 1.79 bits per heavy atom. The normalized spacial score (nSPS) is 17.2. The van der Waals surface area contributed by atoms with E-state index in [0.29, 0.717) is 15.8 Å². The molecular formula is C17H11N2O4S-. The maximum absolute atomic E-state index is 12.0. The zero-order valence-corrected chi connectivity index (χ0v) is 13.0. The monoisotopic (exact) mass is 339 g/mol. The summed E-state index contributed by atoms with van der Waals surface area (Å²) >= 11 is 1.18. The van der Waals surface area contributed by atoms with Crippen LogP contribution in [0.4, 0.5) is 5.69 Å². The lowest BCUT2D eigenvalue weighted by molar-refractivity contribution is -0.268. The second-order valence-corrected chi connectivity index (χ2v) is 5.93. The number of thioether (sulfide) groups is 1. The van der Waals surface area contributed by atoms with Crippen LogP contribution in [0.1, 0.15) is 15.9 Å². The van der Waals surface area contributed by atoms with Crippen LogP contribution in [-0.2, 0) is 4.79 Å². The molecule has 3 rings (SSSR count). The van der Waals surface area contributed by atoms with Crippen molar-refractivity contribution in [1.29, 1.82) is 0 Å². The summed E-state index contributed by atoms with van der Waals surface area (Å²) in [6.45, 7) is 0. The number of hydrogen-bond acceptors (Lipinski definition) is 5. The highest BCUT2D eigenvalue weighted by molar-refractivity contribution is 8.18. The molecule has 1 fully saturated rings. The summed E-state index contributed by atoms with van der Waals surface area (Å²) in [5.41, 5.74) is 1.48. The fraction of sp³-hybridized carbons (Fsp3) is 0. The first-order chi connectivity index (χ1) is 11.5. The van der Waals surface area contributed by atoms with Gasteiger partial charge in [0.05, 0.1) is 16.2 Å². The van der Waals surface area contributed by atoms with Gasteiger partial charge in [0.1, 0.15) is 0 Å². The van der Waals surface area contributed by atoms with E-state index in [-0.39, 0.29) is 17.2 Å². The summed E-state index contributed by atoms with van der Waals surface area (Å²) in [6.07, 6.45) is 1.66. The Bertz CT molecular complexity index is 855. The van der Waals surface area contributed by atoms with Gasteiger partial charge in [-0.1, -0.05) is 24.3 Å². The minimum Gasteiger partial charge on any atom is -0.872 e. The average molecular weight is 339 g/mol. The first-order valence-electron chi connectivity index (χ1n) is 6.91. The number of amidine groups is 1. The molecule has 0 atom stereocenters. The Morgan fingerprint density at radius 3 is 2.42 bits per heavy atom. The molecule has 0 spiro atoms. The van der Waals surface area contributed by atoms with Crippen molar-refractivity contribution in [2.24, 2.45) is 4.99 Å². The number of hydrogen-bond donors (Lipinski definition) is 2. The van der Waals surface area contributed by atoms with Gasteiger partial charge in [-0.2, -0.15) is 0 Å². The maximum Gasteiger partial charge on any atom is 0.335 e. The maximum atomic E-state index is 12.0. The lowest BCUT2D eigenvalue weighted by atomic mass is 10.1. The molecule has 1 saturated heterocycles. The highest BCUT2D eigenvalue weighted by Crippen LogP contribution is 2.28. The molecule has 120 valence electrons. The molecule has 0 bridgehead atoms. The van der Waals surface area contributed by atoms with E-state index in [1.165, 1.54) is 36.0 Å². The smallest absolute Gasteiger partial charge is 0.335 e. The van der Waals surface area contributed by atoms with Crippen molar-refractivity contribution in [2.75, 3.05) is 0 Å². The van der Waals surface area contributed by atoms with Crippen molar-refractivity contribution in [2.45, 2.75) is 0 Å². The van der Waals surface area contributed by atoms with Gasteiger partial charge in [0.2, 0.25) is 0 Å². The number of nitrogens with one attached hydrogen (secondary N) is 1. The predicted octanol–water partition coefficient (Wildman–Crippen LogP) is 2.35. The first-order valence-corrected chi connectivity index (χ1v) is 7.73. The van der Waals surface area contributed by atoms with E-state index in [1.54, 1.807) is 30.3 Å². The first kappa shape index (κ1) is 15.8. The third-order valence-electron chi connectivity index (χ3n) is 3.17. The SMILES string of the molecule is O=C1NC(=Nc2ccc([O-])cc2)S/C1=C/c1ccc(C(=O)O)cc1. The molecule has 0 saturated carbocycles. The largest absolute Gasteiger partial charge is 0.872 e. The topological polar surface area (TPSA) is 102 Å². The number of carboxylic acids is 1. The summed E-state index contributed by atoms with van der Waals surface area (Å²) in [5.74, 6) is -1.38. The second-order valence-electron chi connectivity index (χ2n) is 4.90. The fourth-order valence-electron chi connectivity index (χ4n) is 1.99. The molecule has 1 aliphatic rings. The second kappa shape index (κ2) is 6.59. The summed E-state index contributed by atoms with van der Waals surface area (Å²) < 4.78 is 0. The number of aliphatic imine (C=N–C) groups is 1. The Kier molecular flexibility index (Phi) is 4.35.